The van der Waals surface area contributed by atoms with Gasteiger partial charge in [0.15, 0.2) is 0 Å². The van der Waals surface area contributed by atoms with Crippen molar-refractivity contribution in [1.82, 2.24) is 4.90 Å². The van der Waals surface area contributed by atoms with Crippen molar-refractivity contribution in [2.24, 2.45) is 5.92 Å². The SMILES string of the molecule is COCC1CCN(C(=O)c2cc(N)cc(Cl)c2Cl)CC1. The van der Waals surface area contributed by atoms with Crippen LogP contribution in [-0.2, 0) is 4.74 Å². The van der Waals surface area contributed by atoms with Gasteiger partial charge in [0.1, 0.15) is 0 Å². The number of hydrogen-bond acceptors (Lipinski definition) is 3. The summed E-state index contributed by atoms with van der Waals surface area (Å²) < 4.78 is 5.15. The fourth-order valence-corrected chi connectivity index (χ4v) is 2.89. The smallest absolute Gasteiger partial charge is 0.255 e. The number of nitrogen functional groups attached to an aromatic ring is 1. The van der Waals surface area contributed by atoms with E-state index in [0.29, 0.717) is 35.3 Å². The third-order valence-corrected chi connectivity index (χ3v) is 4.39. The van der Waals surface area contributed by atoms with Gasteiger partial charge in [-0.25, -0.2) is 0 Å². The van der Waals surface area contributed by atoms with E-state index in [1.807, 2.05) is 0 Å². The summed E-state index contributed by atoms with van der Waals surface area (Å²) in [6.45, 7) is 2.15. The van der Waals surface area contributed by atoms with Crippen LogP contribution in [0.4, 0.5) is 5.69 Å². The van der Waals surface area contributed by atoms with E-state index in [1.165, 1.54) is 0 Å². The molecule has 1 amide bonds. The van der Waals surface area contributed by atoms with E-state index in [1.54, 1.807) is 24.1 Å². The lowest BCUT2D eigenvalue weighted by molar-refractivity contribution is 0.0614. The van der Waals surface area contributed by atoms with Crippen LogP contribution in [0.1, 0.15) is 23.2 Å². The minimum Gasteiger partial charge on any atom is -0.399 e. The molecular weight excluding hydrogens is 299 g/mol. The van der Waals surface area contributed by atoms with Crippen molar-refractivity contribution < 1.29 is 9.53 Å². The fraction of sp³-hybridized carbons (Fsp3) is 0.500. The molecule has 6 heteroatoms. The highest BCUT2D eigenvalue weighted by molar-refractivity contribution is 6.44. The van der Waals surface area contributed by atoms with Crippen LogP contribution in [-0.4, -0.2) is 37.6 Å². The van der Waals surface area contributed by atoms with Crippen LogP contribution < -0.4 is 5.73 Å². The third-order valence-electron chi connectivity index (χ3n) is 3.59. The zero-order valence-corrected chi connectivity index (χ0v) is 12.9. The van der Waals surface area contributed by atoms with E-state index in [-0.39, 0.29) is 10.9 Å². The molecule has 0 aliphatic carbocycles. The van der Waals surface area contributed by atoms with Crippen molar-refractivity contribution in [3.63, 3.8) is 0 Å². The third kappa shape index (κ3) is 3.37. The zero-order chi connectivity index (χ0) is 14.7. The van der Waals surface area contributed by atoms with Crippen molar-refractivity contribution in [1.29, 1.82) is 0 Å². The van der Waals surface area contributed by atoms with E-state index >= 15 is 0 Å². The van der Waals surface area contributed by atoms with Gasteiger partial charge in [0.05, 0.1) is 15.6 Å². The summed E-state index contributed by atoms with van der Waals surface area (Å²) in [7, 11) is 1.70. The van der Waals surface area contributed by atoms with Crippen LogP contribution in [0, 0.1) is 5.92 Å². The lowest BCUT2D eigenvalue weighted by atomic mass is 9.97. The Kier molecular flexibility index (Phi) is 5.13. The summed E-state index contributed by atoms with van der Waals surface area (Å²) in [5, 5.41) is 0.578. The van der Waals surface area contributed by atoms with Crippen molar-refractivity contribution in [2.45, 2.75) is 12.8 Å². The molecule has 1 aromatic rings. The van der Waals surface area contributed by atoms with Gasteiger partial charge in [0, 0.05) is 32.5 Å². The summed E-state index contributed by atoms with van der Waals surface area (Å²) in [6.07, 6.45) is 1.88. The van der Waals surface area contributed by atoms with Crippen molar-refractivity contribution in [3.05, 3.63) is 27.7 Å². The lowest BCUT2D eigenvalue weighted by Crippen LogP contribution is -2.39. The van der Waals surface area contributed by atoms with Gasteiger partial charge in [-0.1, -0.05) is 23.2 Å². The van der Waals surface area contributed by atoms with Gasteiger partial charge in [0.2, 0.25) is 0 Å². The van der Waals surface area contributed by atoms with Crippen LogP contribution in [0.2, 0.25) is 10.0 Å². The maximum Gasteiger partial charge on any atom is 0.255 e. The van der Waals surface area contributed by atoms with Crippen LogP contribution in [0.5, 0.6) is 0 Å². The number of nitrogens with two attached hydrogens (primary N) is 1. The first kappa shape index (κ1) is 15.4. The first-order valence-electron chi connectivity index (χ1n) is 6.55. The summed E-state index contributed by atoms with van der Waals surface area (Å²) in [4.78, 5) is 14.3. The number of piperidine rings is 1. The summed E-state index contributed by atoms with van der Waals surface area (Å²) >= 11 is 12.1. The van der Waals surface area contributed by atoms with E-state index in [2.05, 4.69) is 0 Å². The molecule has 2 rings (SSSR count). The second kappa shape index (κ2) is 6.66. The maximum atomic E-state index is 12.5. The highest BCUT2D eigenvalue weighted by Crippen LogP contribution is 2.30. The molecule has 0 saturated carbocycles. The predicted octanol–water partition coefficient (Wildman–Crippen LogP) is 3.07. The quantitative estimate of drug-likeness (QED) is 0.872. The second-order valence-corrected chi connectivity index (χ2v) is 5.84. The van der Waals surface area contributed by atoms with Gasteiger partial charge in [-0.3, -0.25) is 4.79 Å². The van der Waals surface area contributed by atoms with Gasteiger partial charge in [-0.2, -0.15) is 0 Å². The van der Waals surface area contributed by atoms with Gasteiger partial charge in [-0.05, 0) is 30.9 Å². The number of carbonyl (C=O) groups excluding carboxylic acids is 1. The van der Waals surface area contributed by atoms with Crippen LogP contribution in [0.25, 0.3) is 0 Å². The number of ether oxygens (including phenoxy) is 1. The molecule has 0 unspecified atom stereocenters. The number of hydrogen-bond donors (Lipinski definition) is 1. The molecule has 1 aliphatic heterocycles. The number of carbonyl (C=O) groups is 1. The standard InChI is InChI=1S/C14H18Cl2N2O2/c1-20-8-9-2-4-18(5-3-9)14(19)11-6-10(17)7-12(15)13(11)16/h6-7,9H,2-5,8,17H2,1H3. The molecule has 1 aliphatic rings. The number of amides is 1. The number of methoxy groups -OCH3 is 1. The van der Waals surface area contributed by atoms with Gasteiger partial charge >= 0.3 is 0 Å². The molecule has 1 aromatic carbocycles. The van der Waals surface area contributed by atoms with E-state index in [0.717, 1.165) is 19.4 Å². The average Bonchev–Trinajstić information content (AvgIpc) is 2.43. The van der Waals surface area contributed by atoms with E-state index in [9.17, 15) is 4.79 Å². The predicted molar refractivity (Wildman–Crippen MR) is 81.4 cm³/mol. The van der Waals surface area contributed by atoms with Gasteiger partial charge in [0.25, 0.3) is 5.91 Å². The molecule has 1 saturated heterocycles. The maximum absolute atomic E-state index is 12.5. The molecular formula is C14H18Cl2N2O2. The molecule has 0 spiro atoms. The monoisotopic (exact) mass is 316 g/mol. The Labute approximate surface area is 128 Å². The first-order valence-corrected chi connectivity index (χ1v) is 7.31. The summed E-state index contributed by atoms with van der Waals surface area (Å²) in [6, 6.07) is 3.13. The minimum atomic E-state index is -0.111. The summed E-state index contributed by atoms with van der Waals surface area (Å²) in [5.74, 6) is 0.406. The van der Waals surface area contributed by atoms with Crippen LogP contribution in [0.3, 0.4) is 0 Å². The van der Waals surface area contributed by atoms with Gasteiger partial charge < -0.3 is 15.4 Å². The highest BCUT2D eigenvalue weighted by atomic mass is 35.5. The Balaban J connectivity index is 2.09. The zero-order valence-electron chi connectivity index (χ0n) is 11.4. The van der Waals surface area contributed by atoms with Crippen LogP contribution in [0.15, 0.2) is 12.1 Å². The molecule has 110 valence electrons. The lowest BCUT2D eigenvalue weighted by Gasteiger charge is -2.32. The number of halogens is 2. The van der Waals surface area contributed by atoms with Crippen molar-refractivity contribution in [2.75, 3.05) is 32.5 Å². The summed E-state index contributed by atoms with van der Waals surface area (Å²) in [5.41, 5.74) is 6.55. The Morgan fingerprint density at radius 1 is 1.40 bits per heavy atom. The Hall–Kier alpha value is -0.970. The molecule has 4 nitrogen and oxygen atoms in total. The van der Waals surface area contributed by atoms with Crippen LogP contribution >= 0.6 is 23.2 Å². The molecule has 0 aromatic heterocycles. The largest absolute Gasteiger partial charge is 0.399 e. The molecule has 0 atom stereocenters. The Morgan fingerprint density at radius 2 is 2.05 bits per heavy atom. The van der Waals surface area contributed by atoms with Crippen molar-refractivity contribution in [3.8, 4) is 0 Å². The molecule has 0 bridgehead atoms. The Morgan fingerprint density at radius 3 is 2.65 bits per heavy atom. The molecule has 2 N–H and O–H groups in total. The number of rotatable bonds is 3. The van der Waals surface area contributed by atoms with E-state index in [4.69, 9.17) is 33.7 Å². The van der Waals surface area contributed by atoms with Gasteiger partial charge in [-0.15, -0.1) is 0 Å². The molecule has 0 radical (unpaired) electrons. The number of nitrogens with zero attached hydrogens (tertiary/aromatic N) is 1. The average molecular weight is 317 g/mol. The molecule has 1 heterocycles. The fourth-order valence-electron chi connectivity index (χ4n) is 2.47. The Bertz CT molecular complexity index is 500. The number of benzene rings is 1. The number of anilines is 1. The highest BCUT2D eigenvalue weighted by Gasteiger charge is 2.25. The second-order valence-electron chi connectivity index (χ2n) is 5.06. The molecule has 20 heavy (non-hydrogen) atoms. The van der Waals surface area contributed by atoms with Crippen molar-refractivity contribution >= 4 is 34.8 Å². The topological polar surface area (TPSA) is 55.6 Å². The minimum absolute atomic E-state index is 0.111. The number of likely N-dealkylation sites (tertiary alicyclic amines) is 1. The molecule has 1 fully saturated rings. The van der Waals surface area contributed by atoms with E-state index < -0.39 is 0 Å². The normalized spacial score (nSPS) is 16.4. The first-order chi connectivity index (χ1) is 9.52.